The first-order chi connectivity index (χ1) is 15.2. The zero-order chi connectivity index (χ0) is 21.4. The predicted octanol–water partition coefficient (Wildman–Crippen LogP) is 2.79. The molecule has 5 rings (SSSR count). The van der Waals surface area contributed by atoms with Crippen molar-refractivity contribution >= 4 is 10.9 Å². The van der Waals surface area contributed by atoms with E-state index in [9.17, 15) is 10.4 Å². The molecular weight excluding hydrogens is 394 g/mol. The molecule has 0 aliphatic heterocycles. The Morgan fingerprint density at radius 1 is 1.35 bits per heavy atom. The number of aliphatic hydroxyl groups excluding tert-OH is 1. The Balaban J connectivity index is 1.60. The first-order valence-corrected chi connectivity index (χ1v) is 10.0. The summed E-state index contributed by atoms with van der Waals surface area (Å²) in [6.45, 7) is -0.123. The second-order valence-electron chi connectivity index (χ2n) is 7.86. The van der Waals surface area contributed by atoms with Crippen molar-refractivity contribution in [1.82, 2.24) is 29.9 Å². The molecule has 0 radical (unpaired) electrons. The number of hydrogen-bond acceptors (Lipinski definition) is 7. The van der Waals surface area contributed by atoms with Crippen molar-refractivity contribution in [1.29, 1.82) is 5.26 Å². The third kappa shape index (κ3) is 3.26. The summed E-state index contributed by atoms with van der Waals surface area (Å²) < 4.78 is 7.32. The zero-order valence-electron chi connectivity index (χ0n) is 17.0. The van der Waals surface area contributed by atoms with Crippen LogP contribution in [0.1, 0.15) is 25.0 Å². The van der Waals surface area contributed by atoms with Crippen molar-refractivity contribution in [2.75, 3.05) is 7.11 Å². The van der Waals surface area contributed by atoms with Crippen molar-refractivity contribution in [2.45, 2.75) is 37.5 Å². The minimum atomic E-state index is -0.350. The molecule has 0 unspecified atom stereocenters. The first kappa shape index (κ1) is 19.4. The predicted molar refractivity (Wildman–Crippen MR) is 112 cm³/mol. The van der Waals surface area contributed by atoms with Gasteiger partial charge in [-0.3, -0.25) is 14.8 Å². The second kappa shape index (κ2) is 7.58. The SMILES string of the molecule is COC1CC(CC#N)(n2cc(-c3nc(-c4cc(CO)[nH]n4)cc4ncccc34)cn2)C1. The number of nitrogens with one attached hydrogen (secondary N) is 1. The number of nitrogens with zero attached hydrogens (tertiary/aromatic N) is 6. The number of ether oxygens (including phenoxy) is 1. The van der Waals surface area contributed by atoms with E-state index in [0.717, 1.165) is 35.0 Å². The van der Waals surface area contributed by atoms with Crippen LogP contribution in [0.3, 0.4) is 0 Å². The van der Waals surface area contributed by atoms with E-state index in [0.29, 0.717) is 23.5 Å². The summed E-state index contributed by atoms with van der Waals surface area (Å²) in [4.78, 5) is 9.36. The van der Waals surface area contributed by atoms with Gasteiger partial charge in [-0.15, -0.1) is 0 Å². The maximum atomic E-state index is 9.36. The third-order valence-electron chi connectivity index (χ3n) is 5.96. The highest BCUT2D eigenvalue weighted by molar-refractivity contribution is 5.94. The van der Waals surface area contributed by atoms with Crippen LogP contribution in [0.15, 0.2) is 42.9 Å². The van der Waals surface area contributed by atoms with Crippen molar-refractivity contribution in [3.05, 3.63) is 48.5 Å². The van der Waals surface area contributed by atoms with Crippen LogP contribution in [0.5, 0.6) is 0 Å². The van der Waals surface area contributed by atoms with Crippen molar-refractivity contribution < 1.29 is 9.84 Å². The van der Waals surface area contributed by atoms with Gasteiger partial charge < -0.3 is 9.84 Å². The highest BCUT2D eigenvalue weighted by Crippen LogP contribution is 2.44. The van der Waals surface area contributed by atoms with E-state index in [2.05, 4.69) is 26.3 Å². The first-order valence-electron chi connectivity index (χ1n) is 10.0. The minimum absolute atomic E-state index is 0.123. The van der Waals surface area contributed by atoms with Crippen LogP contribution in [0.25, 0.3) is 33.5 Å². The van der Waals surface area contributed by atoms with Gasteiger partial charge in [0, 0.05) is 30.5 Å². The lowest BCUT2D eigenvalue weighted by Gasteiger charge is -2.45. The normalized spacial score (nSPS) is 20.5. The summed E-state index contributed by atoms with van der Waals surface area (Å²) in [5, 5.41) is 31.3. The number of aliphatic hydroxyl groups is 1. The van der Waals surface area contributed by atoms with Crippen LogP contribution in [0.4, 0.5) is 0 Å². The summed E-state index contributed by atoms with van der Waals surface area (Å²) >= 11 is 0. The van der Waals surface area contributed by atoms with Crippen LogP contribution in [0.2, 0.25) is 0 Å². The van der Waals surface area contributed by atoms with Gasteiger partial charge in [-0.2, -0.15) is 15.5 Å². The van der Waals surface area contributed by atoms with Gasteiger partial charge >= 0.3 is 0 Å². The van der Waals surface area contributed by atoms with Gasteiger partial charge in [0.1, 0.15) is 5.69 Å². The van der Waals surface area contributed by atoms with Crippen LogP contribution in [-0.2, 0) is 16.9 Å². The molecule has 0 spiro atoms. The standard InChI is InChI=1S/C22H21N7O2/c1-31-16-9-22(10-16,4-5-23)29-12-14(11-25-29)21-17-3-2-6-24-18(17)8-19(26-21)20-7-15(13-30)27-28-20/h2-3,6-8,11-12,16,30H,4,9-10,13H2,1H3,(H,27,28). The molecule has 4 heterocycles. The maximum absolute atomic E-state index is 9.36. The molecule has 156 valence electrons. The van der Waals surface area contributed by atoms with Gasteiger partial charge in [0.05, 0.1) is 59.5 Å². The van der Waals surface area contributed by atoms with Crippen molar-refractivity contribution in [3.8, 4) is 28.7 Å². The maximum Gasteiger partial charge on any atom is 0.111 e. The number of rotatable bonds is 6. The number of aromatic nitrogens is 6. The lowest BCUT2D eigenvalue weighted by Crippen LogP contribution is -2.50. The van der Waals surface area contributed by atoms with Crippen LogP contribution >= 0.6 is 0 Å². The summed E-state index contributed by atoms with van der Waals surface area (Å²) in [6, 6.07) is 9.80. The Bertz CT molecular complexity index is 1280. The van der Waals surface area contributed by atoms with E-state index in [1.165, 1.54) is 0 Å². The smallest absolute Gasteiger partial charge is 0.111 e. The molecule has 31 heavy (non-hydrogen) atoms. The van der Waals surface area contributed by atoms with E-state index in [-0.39, 0.29) is 18.2 Å². The third-order valence-corrected chi connectivity index (χ3v) is 5.96. The Morgan fingerprint density at radius 2 is 2.23 bits per heavy atom. The van der Waals surface area contributed by atoms with Gasteiger partial charge in [0.15, 0.2) is 0 Å². The highest BCUT2D eigenvalue weighted by Gasteiger charge is 2.47. The molecule has 9 heteroatoms. The molecular formula is C22H21N7O2. The number of hydrogen-bond donors (Lipinski definition) is 2. The fraction of sp³-hybridized carbons (Fsp3) is 0.318. The molecule has 1 fully saturated rings. The molecule has 0 saturated heterocycles. The van der Waals surface area contributed by atoms with Crippen molar-refractivity contribution in [2.24, 2.45) is 0 Å². The van der Waals surface area contributed by atoms with E-state index < -0.39 is 0 Å². The summed E-state index contributed by atoms with van der Waals surface area (Å²) in [5.74, 6) is 0. The average Bonchev–Trinajstić information content (AvgIpc) is 3.45. The lowest BCUT2D eigenvalue weighted by molar-refractivity contribution is -0.0542. The van der Waals surface area contributed by atoms with Crippen LogP contribution < -0.4 is 0 Å². The molecule has 1 saturated carbocycles. The number of aromatic amines is 1. The number of fused-ring (bicyclic) bond motifs is 1. The van der Waals surface area contributed by atoms with Crippen LogP contribution in [-0.4, -0.2) is 48.3 Å². The monoisotopic (exact) mass is 415 g/mol. The summed E-state index contributed by atoms with van der Waals surface area (Å²) in [7, 11) is 1.70. The molecule has 0 amide bonds. The van der Waals surface area contributed by atoms with Gasteiger partial charge in [0.25, 0.3) is 0 Å². The van der Waals surface area contributed by atoms with Crippen LogP contribution in [0, 0.1) is 11.3 Å². The molecule has 4 aromatic heterocycles. The highest BCUT2D eigenvalue weighted by atomic mass is 16.5. The van der Waals surface area contributed by atoms with Gasteiger partial charge in [-0.05, 0) is 37.1 Å². The van der Waals surface area contributed by atoms with E-state index in [1.807, 2.05) is 29.1 Å². The number of nitriles is 1. The Labute approximate surface area is 178 Å². The quantitative estimate of drug-likeness (QED) is 0.496. The Morgan fingerprint density at radius 3 is 2.97 bits per heavy atom. The Hall–Kier alpha value is -3.61. The summed E-state index contributed by atoms with van der Waals surface area (Å²) in [5.41, 5.74) is 3.93. The van der Waals surface area contributed by atoms with E-state index in [4.69, 9.17) is 9.72 Å². The zero-order valence-corrected chi connectivity index (χ0v) is 17.0. The number of methoxy groups -OCH3 is 1. The van der Waals surface area contributed by atoms with Gasteiger partial charge in [-0.25, -0.2) is 4.98 Å². The molecule has 1 aliphatic carbocycles. The fourth-order valence-corrected chi connectivity index (χ4v) is 4.22. The minimum Gasteiger partial charge on any atom is -0.390 e. The molecule has 0 atom stereocenters. The van der Waals surface area contributed by atoms with Gasteiger partial charge in [-0.1, -0.05) is 0 Å². The number of pyridine rings is 2. The molecule has 0 aromatic carbocycles. The van der Waals surface area contributed by atoms with E-state index >= 15 is 0 Å². The topological polar surface area (TPSA) is 126 Å². The van der Waals surface area contributed by atoms with Crippen molar-refractivity contribution in [3.63, 3.8) is 0 Å². The largest absolute Gasteiger partial charge is 0.390 e. The van der Waals surface area contributed by atoms with Gasteiger partial charge in [0.2, 0.25) is 0 Å². The lowest BCUT2D eigenvalue weighted by atomic mass is 9.72. The summed E-state index contributed by atoms with van der Waals surface area (Å²) in [6.07, 6.45) is 7.50. The molecule has 0 bridgehead atoms. The molecule has 9 nitrogen and oxygen atoms in total. The molecule has 1 aliphatic rings. The number of H-pyrrole nitrogens is 1. The molecule has 2 N–H and O–H groups in total. The molecule has 4 aromatic rings. The second-order valence-corrected chi connectivity index (χ2v) is 7.86. The average molecular weight is 415 g/mol. The van der Waals surface area contributed by atoms with E-state index in [1.54, 1.807) is 25.6 Å². The fourth-order valence-electron chi connectivity index (χ4n) is 4.22. The Kier molecular flexibility index (Phi) is 4.73.